The first-order valence-electron chi connectivity index (χ1n) is 6.82. The van der Waals surface area contributed by atoms with Crippen LogP contribution in [0, 0.1) is 16.0 Å². The zero-order valence-corrected chi connectivity index (χ0v) is 11.9. The third-order valence-electron chi connectivity index (χ3n) is 3.55. The summed E-state index contributed by atoms with van der Waals surface area (Å²) in [6, 6.07) is 2.75. The number of nitro benzene ring substituents is 1. The van der Waals surface area contributed by atoms with E-state index in [0.29, 0.717) is 24.0 Å². The number of nitro groups is 1. The number of nitrogens with zero attached hydrogens (tertiary/aromatic N) is 1. The molecule has 116 valence electrons. The Hall–Kier alpha value is -1.86. The largest absolute Gasteiger partial charge is 0.493 e. The van der Waals surface area contributed by atoms with Gasteiger partial charge in [-0.15, -0.1) is 0 Å². The van der Waals surface area contributed by atoms with Crippen LogP contribution in [-0.4, -0.2) is 37.0 Å². The van der Waals surface area contributed by atoms with E-state index < -0.39 is 11.5 Å². The Morgan fingerprint density at radius 2 is 2.10 bits per heavy atom. The second kappa shape index (κ2) is 7.24. The maximum absolute atomic E-state index is 11.0. The topological polar surface area (TPSA) is 91.1 Å². The van der Waals surface area contributed by atoms with Crippen molar-refractivity contribution in [2.45, 2.75) is 19.4 Å². The quantitative estimate of drug-likeness (QED) is 0.637. The maximum atomic E-state index is 11.0. The molecular formula is C14H19NO6. The van der Waals surface area contributed by atoms with Gasteiger partial charge in [-0.1, -0.05) is 0 Å². The van der Waals surface area contributed by atoms with Crippen LogP contribution >= 0.6 is 0 Å². The van der Waals surface area contributed by atoms with Crippen LogP contribution in [0.4, 0.5) is 5.69 Å². The van der Waals surface area contributed by atoms with Gasteiger partial charge in [0.15, 0.2) is 11.5 Å². The molecule has 0 aliphatic carbocycles. The van der Waals surface area contributed by atoms with Gasteiger partial charge in [0.1, 0.15) is 0 Å². The van der Waals surface area contributed by atoms with Gasteiger partial charge in [0.25, 0.3) is 5.69 Å². The molecule has 1 aliphatic rings. The summed E-state index contributed by atoms with van der Waals surface area (Å²) >= 11 is 0. The van der Waals surface area contributed by atoms with Crippen LogP contribution in [0.1, 0.15) is 18.4 Å². The molecule has 0 radical (unpaired) electrons. The minimum Gasteiger partial charge on any atom is -0.493 e. The van der Waals surface area contributed by atoms with Crippen LogP contribution in [0.25, 0.3) is 0 Å². The van der Waals surface area contributed by atoms with Crippen LogP contribution in [0.15, 0.2) is 12.1 Å². The molecule has 1 aromatic rings. The van der Waals surface area contributed by atoms with Crippen molar-refractivity contribution < 1.29 is 24.2 Å². The van der Waals surface area contributed by atoms with Gasteiger partial charge >= 0.3 is 0 Å². The molecule has 1 aromatic carbocycles. The summed E-state index contributed by atoms with van der Waals surface area (Å²) < 4.78 is 16.2. The molecule has 2 rings (SSSR count). The molecule has 0 amide bonds. The Kier molecular flexibility index (Phi) is 5.35. The summed E-state index contributed by atoms with van der Waals surface area (Å²) in [7, 11) is 1.46. The van der Waals surface area contributed by atoms with E-state index >= 15 is 0 Å². The Bertz CT molecular complexity index is 498. The molecule has 0 bridgehead atoms. The van der Waals surface area contributed by atoms with E-state index in [1.165, 1.54) is 19.2 Å². The van der Waals surface area contributed by atoms with Crippen LogP contribution in [0.2, 0.25) is 0 Å². The van der Waals surface area contributed by atoms with Gasteiger partial charge in [0, 0.05) is 13.2 Å². The van der Waals surface area contributed by atoms with Gasteiger partial charge in [0.05, 0.1) is 36.9 Å². The lowest BCUT2D eigenvalue weighted by atomic mass is 10.0. The monoisotopic (exact) mass is 297 g/mol. The van der Waals surface area contributed by atoms with E-state index in [-0.39, 0.29) is 11.3 Å². The van der Waals surface area contributed by atoms with Crippen molar-refractivity contribution in [1.29, 1.82) is 0 Å². The lowest BCUT2D eigenvalue weighted by Gasteiger charge is -2.22. The van der Waals surface area contributed by atoms with Crippen molar-refractivity contribution in [3.63, 3.8) is 0 Å². The number of methoxy groups -OCH3 is 1. The molecule has 21 heavy (non-hydrogen) atoms. The fraction of sp³-hybridized carbons (Fsp3) is 0.571. The molecule has 1 fully saturated rings. The van der Waals surface area contributed by atoms with Crippen LogP contribution < -0.4 is 9.47 Å². The first kappa shape index (κ1) is 15.5. The first-order chi connectivity index (χ1) is 10.2. The minimum absolute atomic E-state index is 0.166. The van der Waals surface area contributed by atoms with Gasteiger partial charge in [0.2, 0.25) is 0 Å². The number of benzene rings is 1. The summed E-state index contributed by atoms with van der Waals surface area (Å²) in [5.74, 6) is 1.09. The summed E-state index contributed by atoms with van der Waals surface area (Å²) in [5.41, 5.74) is 0.0375. The summed E-state index contributed by atoms with van der Waals surface area (Å²) in [6.45, 7) is 1.48. The molecule has 1 aliphatic heterocycles. The smallest absolute Gasteiger partial charge is 0.278 e. The lowest BCUT2D eigenvalue weighted by molar-refractivity contribution is -0.385. The average molecular weight is 297 g/mol. The van der Waals surface area contributed by atoms with E-state index in [2.05, 4.69) is 0 Å². The second-order valence-electron chi connectivity index (χ2n) is 4.91. The van der Waals surface area contributed by atoms with E-state index in [9.17, 15) is 15.2 Å². The van der Waals surface area contributed by atoms with Crippen molar-refractivity contribution in [3.05, 3.63) is 27.8 Å². The predicted molar refractivity (Wildman–Crippen MR) is 74.6 cm³/mol. The van der Waals surface area contributed by atoms with Crippen LogP contribution in [0.3, 0.4) is 0 Å². The fourth-order valence-corrected chi connectivity index (χ4v) is 2.28. The molecule has 0 saturated carbocycles. The van der Waals surface area contributed by atoms with Crippen molar-refractivity contribution >= 4 is 5.69 Å². The Morgan fingerprint density at radius 1 is 1.38 bits per heavy atom. The predicted octanol–water partition coefficient (Wildman–Crippen LogP) is 1.90. The lowest BCUT2D eigenvalue weighted by Crippen LogP contribution is -2.21. The van der Waals surface area contributed by atoms with E-state index in [0.717, 1.165) is 26.1 Å². The highest BCUT2D eigenvalue weighted by atomic mass is 16.6. The second-order valence-corrected chi connectivity index (χ2v) is 4.91. The van der Waals surface area contributed by atoms with E-state index in [1.54, 1.807) is 0 Å². The van der Waals surface area contributed by atoms with Crippen LogP contribution in [-0.2, 0) is 11.3 Å². The van der Waals surface area contributed by atoms with Gasteiger partial charge in [-0.25, -0.2) is 0 Å². The Morgan fingerprint density at radius 3 is 2.67 bits per heavy atom. The van der Waals surface area contributed by atoms with Gasteiger partial charge < -0.3 is 19.3 Å². The molecule has 1 N–H and O–H groups in total. The molecule has 1 saturated heterocycles. The number of aliphatic hydroxyl groups excluding tert-OH is 1. The number of aliphatic hydroxyl groups is 1. The number of ether oxygens (including phenoxy) is 3. The van der Waals surface area contributed by atoms with Crippen molar-refractivity contribution in [2.24, 2.45) is 5.92 Å². The maximum Gasteiger partial charge on any atom is 0.278 e. The Balaban J connectivity index is 2.16. The van der Waals surface area contributed by atoms with E-state index in [1.807, 2.05) is 0 Å². The summed E-state index contributed by atoms with van der Waals surface area (Å²) in [5, 5.41) is 20.2. The van der Waals surface area contributed by atoms with Crippen molar-refractivity contribution in [1.82, 2.24) is 0 Å². The Labute approximate surface area is 122 Å². The third kappa shape index (κ3) is 3.83. The molecule has 0 atom stereocenters. The summed E-state index contributed by atoms with van der Waals surface area (Å²) in [6.07, 6.45) is 1.83. The van der Waals surface area contributed by atoms with Gasteiger partial charge in [-0.05, 0) is 24.8 Å². The highest BCUT2D eigenvalue weighted by molar-refractivity contribution is 5.54. The molecule has 0 aromatic heterocycles. The van der Waals surface area contributed by atoms with E-state index in [4.69, 9.17) is 14.2 Å². The van der Waals surface area contributed by atoms with Gasteiger partial charge in [-0.2, -0.15) is 0 Å². The molecule has 7 nitrogen and oxygen atoms in total. The number of hydrogen-bond donors (Lipinski definition) is 1. The van der Waals surface area contributed by atoms with Crippen molar-refractivity contribution in [3.8, 4) is 11.5 Å². The standard InChI is InChI=1S/C14H19NO6/c1-19-13-6-11(8-16)12(15(17)18)7-14(13)21-9-10-2-4-20-5-3-10/h6-7,10,16H,2-5,8-9H2,1H3. The van der Waals surface area contributed by atoms with Crippen molar-refractivity contribution in [2.75, 3.05) is 26.9 Å². The summed E-state index contributed by atoms with van der Waals surface area (Å²) in [4.78, 5) is 10.5. The molecule has 1 heterocycles. The molecule has 7 heteroatoms. The van der Waals surface area contributed by atoms with Gasteiger partial charge in [-0.3, -0.25) is 10.1 Å². The fourth-order valence-electron chi connectivity index (χ4n) is 2.28. The highest BCUT2D eigenvalue weighted by Gasteiger charge is 2.21. The molecular weight excluding hydrogens is 278 g/mol. The molecule has 0 spiro atoms. The normalized spacial score (nSPS) is 15.7. The zero-order chi connectivity index (χ0) is 15.2. The minimum atomic E-state index is -0.535. The SMILES string of the molecule is COc1cc(CO)c([N+](=O)[O-])cc1OCC1CCOCC1. The molecule has 0 unspecified atom stereocenters. The third-order valence-corrected chi connectivity index (χ3v) is 3.55. The number of rotatable bonds is 6. The average Bonchev–Trinajstić information content (AvgIpc) is 2.52. The first-order valence-corrected chi connectivity index (χ1v) is 6.82. The number of hydrogen-bond acceptors (Lipinski definition) is 6. The highest BCUT2D eigenvalue weighted by Crippen LogP contribution is 2.35. The van der Waals surface area contributed by atoms with Crippen LogP contribution in [0.5, 0.6) is 11.5 Å². The zero-order valence-electron chi connectivity index (χ0n) is 11.9.